The van der Waals surface area contributed by atoms with Crippen LogP contribution < -0.4 is 0 Å². The first-order valence-corrected chi connectivity index (χ1v) is 9.64. The van der Waals surface area contributed by atoms with Gasteiger partial charge in [0.05, 0.1) is 13.2 Å². The summed E-state index contributed by atoms with van der Waals surface area (Å²) in [6.07, 6.45) is 0.809. The quantitative estimate of drug-likeness (QED) is 0.730. The molecule has 4 atom stereocenters. The van der Waals surface area contributed by atoms with E-state index in [1.54, 1.807) is 11.0 Å². The van der Waals surface area contributed by atoms with E-state index in [0.29, 0.717) is 6.42 Å². The second-order valence-corrected chi connectivity index (χ2v) is 7.21. The topological polar surface area (TPSA) is 65.1 Å². The fourth-order valence-electron chi connectivity index (χ4n) is 3.97. The van der Waals surface area contributed by atoms with Crippen molar-refractivity contribution in [3.8, 4) is 0 Å². The van der Waals surface area contributed by atoms with E-state index in [2.05, 4.69) is 0 Å². The van der Waals surface area contributed by atoms with Crippen LogP contribution in [-0.2, 0) is 19.0 Å². The third-order valence-corrected chi connectivity index (χ3v) is 5.44. The number of amides is 1. The van der Waals surface area contributed by atoms with Crippen molar-refractivity contribution in [3.63, 3.8) is 0 Å². The summed E-state index contributed by atoms with van der Waals surface area (Å²) in [5.74, 6) is -0.531. The van der Waals surface area contributed by atoms with Crippen molar-refractivity contribution in [2.24, 2.45) is 0 Å². The average Bonchev–Trinajstić information content (AvgIpc) is 3.08. The molecule has 0 saturated carbocycles. The van der Waals surface area contributed by atoms with Gasteiger partial charge in [0, 0.05) is 12.3 Å². The Hall–Kier alpha value is -3.28. The molecule has 2 aromatic carbocycles. The van der Waals surface area contributed by atoms with Gasteiger partial charge in [-0.1, -0.05) is 60.7 Å². The van der Waals surface area contributed by atoms with E-state index in [0.717, 1.165) is 11.1 Å². The fourth-order valence-corrected chi connectivity index (χ4v) is 3.97. The molecule has 1 fully saturated rings. The summed E-state index contributed by atoms with van der Waals surface area (Å²) >= 11 is 0. The lowest BCUT2D eigenvalue weighted by atomic mass is 9.91. The lowest BCUT2D eigenvalue weighted by molar-refractivity contribution is -0.144. The highest BCUT2D eigenvalue weighted by molar-refractivity contribution is 5.86. The van der Waals surface area contributed by atoms with Crippen molar-refractivity contribution in [1.29, 1.82) is 0 Å². The zero-order valence-corrected chi connectivity index (χ0v) is 16.4. The van der Waals surface area contributed by atoms with E-state index >= 15 is 0 Å². The van der Waals surface area contributed by atoms with Gasteiger partial charge in [0.2, 0.25) is 5.76 Å². The fraction of sp³-hybridized carbons (Fsp3) is 0.304. The Morgan fingerprint density at radius 1 is 1.00 bits per heavy atom. The molecule has 0 bridgehead atoms. The van der Waals surface area contributed by atoms with E-state index in [4.69, 9.17) is 14.2 Å². The highest BCUT2D eigenvalue weighted by Gasteiger charge is 2.46. The Bertz CT molecular complexity index is 911. The molecule has 0 spiro atoms. The van der Waals surface area contributed by atoms with Crippen molar-refractivity contribution in [2.75, 3.05) is 7.11 Å². The Balaban J connectivity index is 1.63. The monoisotopic (exact) mass is 393 g/mol. The molecule has 1 amide bonds. The number of nitrogens with zero attached hydrogens (tertiary/aromatic N) is 1. The Morgan fingerprint density at radius 3 is 2.24 bits per heavy atom. The summed E-state index contributed by atoms with van der Waals surface area (Å²) in [5, 5.41) is 0. The standard InChI is InChI=1S/C23H23NO5/c1-15-21(17-11-7-4-8-12-17)29-23(26)24(15)20-14-18(16-9-5-3-6-10-16)13-19(28-20)22(25)27-2/h3-13,15,18,20-21H,14H2,1-2H3/t15-,18-,20+,21-/m0/s1. The summed E-state index contributed by atoms with van der Waals surface area (Å²) in [6, 6.07) is 19.2. The van der Waals surface area contributed by atoms with Crippen LogP contribution in [0.5, 0.6) is 0 Å². The van der Waals surface area contributed by atoms with Crippen molar-refractivity contribution in [2.45, 2.75) is 37.6 Å². The predicted octanol–water partition coefficient (Wildman–Crippen LogP) is 4.16. The summed E-state index contributed by atoms with van der Waals surface area (Å²) in [5.41, 5.74) is 1.97. The van der Waals surface area contributed by atoms with Crippen LogP contribution in [0.25, 0.3) is 0 Å². The van der Waals surface area contributed by atoms with Crippen molar-refractivity contribution in [1.82, 2.24) is 4.90 Å². The van der Waals surface area contributed by atoms with Gasteiger partial charge in [-0.3, -0.25) is 4.90 Å². The summed E-state index contributed by atoms with van der Waals surface area (Å²) < 4.78 is 16.4. The molecule has 0 radical (unpaired) electrons. The third kappa shape index (κ3) is 3.70. The molecule has 2 aliphatic rings. The third-order valence-electron chi connectivity index (χ3n) is 5.44. The second-order valence-electron chi connectivity index (χ2n) is 7.21. The smallest absolute Gasteiger partial charge is 0.413 e. The van der Waals surface area contributed by atoms with Gasteiger partial charge >= 0.3 is 12.1 Å². The molecule has 2 aliphatic heterocycles. The van der Waals surface area contributed by atoms with E-state index in [9.17, 15) is 9.59 Å². The summed E-state index contributed by atoms with van der Waals surface area (Å²) in [4.78, 5) is 26.5. The van der Waals surface area contributed by atoms with Gasteiger partial charge in [-0.25, -0.2) is 9.59 Å². The number of carbonyl (C=O) groups is 2. The number of hydrogen-bond donors (Lipinski definition) is 0. The molecule has 6 heteroatoms. The lowest BCUT2D eigenvalue weighted by Gasteiger charge is -2.35. The Kier molecular flexibility index (Phi) is 5.25. The van der Waals surface area contributed by atoms with Crippen LogP contribution in [0.4, 0.5) is 4.79 Å². The molecule has 0 N–H and O–H groups in total. The first-order chi connectivity index (χ1) is 14.1. The molecular formula is C23H23NO5. The molecule has 2 heterocycles. The molecule has 150 valence electrons. The van der Waals surface area contributed by atoms with E-state index in [1.807, 2.05) is 67.6 Å². The van der Waals surface area contributed by atoms with Crippen LogP contribution in [0.1, 0.15) is 36.5 Å². The van der Waals surface area contributed by atoms with Crippen LogP contribution in [-0.4, -0.2) is 36.3 Å². The number of allylic oxidation sites excluding steroid dienone is 1. The van der Waals surface area contributed by atoms with Crippen LogP contribution in [0.3, 0.4) is 0 Å². The predicted molar refractivity (Wildman–Crippen MR) is 106 cm³/mol. The molecule has 1 saturated heterocycles. The molecule has 0 aromatic heterocycles. The van der Waals surface area contributed by atoms with Gasteiger partial charge in [-0.2, -0.15) is 0 Å². The van der Waals surface area contributed by atoms with E-state index < -0.39 is 24.4 Å². The van der Waals surface area contributed by atoms with Gasteiger partial charge in [0.15, 0.2) is 6.23 Å². The molecule has 6 nitrogen and oxygen atoms in total. The van der Waals surface area contributed by atoms with Crippen molar-refractivity contribution in [3.05, 3.63) is 83.6 Å². The molecule has 4 rings (SSSR count). The van der Waals surface area contributed by atoms with Gasteiger partial charge in [-0.05, 0) is 24.1 Å². The SMILES string of the molecule is COC(=O)C1=C[C@H](c2ccccc2)C[C@H](N2C(=O)O[C@H](c3ccccc3)[C@@H]2C)O1. The first-order valence-electron chi connectivity index (χ1n) is 9.64. The number of ether oxygens (including phenoxy) is 3. The van der Waals surface area contributed by atoms with Crippen LogP contribution in [0, 0.1) is 0 Å². The average molecular weight is 393 g/mol. The van der Waals surface area contributed by atoms with Gasteiger partial charge in [0.1, 0.15) is 6.10 Å². The number of rotatable bonds is 4. The summed E-state index contributed by atoms with van der Waals surface area (Å²) in [6.45, 7) is 1.93. The van der Waals surface area contributed by atoms with Gasteiger partial charge < -0.3 is 14.2 Å². The zero-order chi connectivity index (χ0) is 20.4. The first kappa shape index (κ1) is 19.1. The highest BCUT2D eigenvalue weighted by Crippen LogP contribution is 2.39. The van der Waals surface area contributed by atoms with Crippen LogP contribution in [0.15, 0.2) is 72.5 Å². The second kappa shape index (κ2) is 7.99. The Labute approximate surface area is 169 Å². The molecule has 0 aliphatic carbocycles. The number of cyclic esters (lactones) is 1. The zero-order valence-electron chi connectivity index (χ0n) is 16.4. The van der Waals surface area contributed by atoms with Crippen LogP contribution in [0.2, 0.25) is 0 Å². The minimum absolute atomic E-state index is 0.0835. The lowest BCUT2D eigenvalue weighted by Crippen LogP contribution is -2.45. The van der Waals surface area contributed by atoms with Crippen molar-refractivity contribution >= 4 is 12.1 Å². The number of carbonyl (C=O) groups excluding carboxylic acids is 2. The van der Waals surface area contributed by atoms with E-state index in [1.165, 1.54) is 7.11 Å². The Morgan fingerprint density at radius 2 is 1.62 bits per heavy atom. The molecule has 2 aromatic rings. The molecular weight excluding hydrogens is 370 g/mol. The van der Waals surface area contributed by atoms with Gasteiger partial charge in [0.25, 0.3) is 0 Å². The molecule has 0 unspecified atom stereocenters. The number of methoxy groups -OCH3 is 1. The number of esters is 1. The largest absolute Gasteiger partial charge is 0.463 e. The van der Waals surface area contributed by atoms with Crippen LogP contribution >= 0.6 is 0 Å². The maximum absolute atomic E-state index is 12.7. The van der Waals surface area contributed by atoms with Crippen molar-refractivity contribution < 1.29 is 23.8 Å². The van der Waals surface area contributed by atoms with E-state index in [-0.39, 0.29) is 17.7 Å². The maximum atomic E-state index is 12.7. The number of hydrogen-bond acceptors (Lipinski definition) is 5. The van der Waals surface area contributed by atoms with Gasteiger partial charge in [-0.15, -0.1) is 0 Å². The minimum atomic E-state index is -0.629. The minimum Gasteiger partial charge on any atom is -0.463 e. The highest BCUT2D eigenvalue weighted by atomic mass is 16.6. The molecule has 29 heavy (non-hydrogen) atoms. The normalized spacial score (nSPS) is 26.3. The summed E-state index contributed by atoms with van der Waals surface area (Å²) in [7, 11) is 1.31. The maximum Gasteiger partial charge on any atom is 0.413 e. The number of benzene rings is 2.